The smallest absolute Gasteiger partial charge is 0.322 e. The van der Waals surface area contributed by atoms with Gasteiger partial charge in [0.2, 0.25) is 5.91 Å². The molecule has 0 unspecified atom stereocenters. The number of urea groups is 1. The summed E-state index contributed by atoms with van der Waals surface area (Å²) in [6.45, 7) is 0.812. The zero-order chi connectivity index (χ0) is 24.8. The molecule has 2 fully saturated rings. The molecule has 1 aromatic carbocycles. The molecule has 0 spiro atoms. The first-order valence-electron chi connectivity index (χ1n) is 11.5. The SMILES string of the molecule is O=C(C[C@@H]1CC[C@@H]2[C@H](COC[C@@H](O)CN2C(=O)Nc2ccc(Cl)c(Cl)c2)O1)NCc1ccncc1. The Morgan fingerprint density at radius 1 is 1.11 bits per heavy atom. The molecule has 2 saturated heterocycles. The van der Waals surface area contributed by atoms with E-state index in [1.807, 2.05) is 12.1 Å². The number of carbonyl (C=O) groups is 2. The molecule has 0 aliphatic carbocycles. The summed E-state index contributed by atoms with van der Waals surface area (Å²) in [5, 5.41) is 16.8. The summed E-state index contributed by atoms with van der Waals surface area (Å²) in [4.78, 5) is 31.2. The number of nitrogens with zero attached hydrogens (tertiary/aromatic N) is 2. The van der Waals surface area contributed by atoms with Gasteiger partial charge in [-0.15, -0.1) is 0 Å². The van der Waals surface area contributed by atoms with Gasteiger partial charge < -0.3 is 30.1 Å². The van der Waals surface area contributed by atoms with Gasteiger partial charge in [0.15, 0.2) is 0 Å². The molecule has 0 bridgehead atoms. The van der Waals surface area contributed by atoms with Crippen LogP contribution in [0.25, 0.3) is 0 Å². The summed E-state index contributed by atoms with van der Waals surface area (Å²) < 4.78 is 11.8. The lowest BCUT2D eigenvalue weighted by molar-refractivity contribution is -0.149. The lowest BCUT2D eigenvalue weighted by Crippen LogP contribution is -2.58. The van der Waals surface area contributed by atoms with Gasteiger partial charge in [-0.2, -0.15) is 0 Å². The molecule has 4 rings (SSSR count). The first-order chi connectivity index (χ1) is 16.9. The number of hydrogen-bond donors (Lipinski definition) is 3. The maximum Gasteiger partial charge on any atom is 0.322 e. The van der Waals surface area contributed by atoms with Crippen molar-refractivity contribution in [1.82, 2.24) is 15.2 Å². The van der Waals surface area contributed by atoms with Gasteiger partial charge in [0.05, 0.1) is 54.5 Å². The maximum absolute atomic E-state index is 13.2. The van der Waals surface area contributed by atoms with Gasteiger partial charge in [0.1, 0.15) is 6.10 Å². The number of benzene rings is 1. The summed E-state index contributed by atoms with van der Waals surface area (Å²) >= 11 is 12.0. The maximum atomic E-state index is 13.2. The number of nitrogens with one attached hydrogen (secondary N) is 2. The number of fused-ring (bicyclic) bond motifs is 1. The van der Waals surface area contributed by atoms with Gasteiger partial charge in [-0.3, -0.25) is 9.78 Å². The van der Waals surface area contributed by atoms with Crippen molar-refractivity contribution in [3.63, 3.8) is 0 Å². The summed E-state index contributed by atoms with van der Waals surface area (Å²) in [5.74, 6) is -0.110. The number of halogens is 2. The Kier molecular flexibility index (Phi) is 8.80. The molecule has 2 aliphatic rings. The van der Waals surface area contributed by atoms with E-state index in [1.165, 1.54) is 0 Å². The number of hydrogen-bond acceptors (Lipinski definition) is 6. The quantitative estimate of drug-likeness (QED) is 0.555. The van der Waals surface area contributed by atoms with E-state index in [-0.39, 0.29) is 50.3 Å². The van der Waals surface area contributed by atoms with Crippen molar-refractivity contribution < 1.29 is 24.2 Å². The summed E-state index contributed by atoms with van der Waals surface area (Å²) in [7, 11) is 0. The Hall–Kier alpha value is -2.43. The fourth-order valence-corrected chi connectivity index (χ4v) is 4.62. The lowest BCUT2D eigenvalue weighted by atomic mass is 9.95. The van der Waals surface area contributed by atoms with Gasteiger partial charge in [-0.25, -0.2) is 4.79 Å². The highest BCUT2D eigenvalue weighted by Gasteiger charge is 2.40. The Bertz CT molecular complexity index is 1030. The third-order valence-electron chi connectivity index (χ3n) is 6.06. The second-order valence-corrected chi connectivity index (χ2v) is 9.49. The van der Waals surface area contributed by atoms with Crippen molar-refractivity contribution in [3.05, 3.63) is 58.3 Å². The fraction of sp³-hybridized carbons (Fsp3) is 0.458. The van der Waals surface area contributed by atoms with Crippen LogP contribution in [0.2, 0.25) is 10.0 Å². The molecule has 9 nitrogen and oxygen atoms in total. The molecular weight excluding hydrogens is 495 g/mol. The van der Waals surface area contributed by atoms with E-state index < -0.39 is 12.2 Å². The van der Waals surface area contributed by atoms with Crippen LogP contribution in [-0.2, 0) is 20.8 Å². The van der Waals surface area contributed by atoms with Crippen LogP contribution in [0.15, 0.2) is 42.7 Å². The summed E-state index contributed by atoms with van der Waals surface area (Å²) in [6.07, 6.45) is 3.24. The van der Waals surface area contributed by atoms with Crippen LogP contribution >= 0.6 is 23.2 Å². The number of pyridine rings is 1. The van der Waals surface area contributed by atoms with E-state index in [4.69, 9.17) is 32.7 Å². The number of ether oxygens (including phenoxy) is 2. The van der Waals surface area contributed by atoms with Crippen LogP contribution in [0, 0.1) is 0 Å². The summed E-state index contributed by atoms with van der Waals surface area (Å²) in [6, 6.07) is 7.83. The van der Waals surface area contributed by atoms with Crippen LogP contribution in [0.4, 0.5) is 10.5 Å². The topological polar surface area (TPSA) is 113 Å². The van der Waals surface area contributed by atoms with Gasteiger partial charge in [-0.1, -0.05) is 23.2 Å². The van der Waals surface area contributed by atoms with E-state index in [0.29, 0.717) is 35.1 Å². The van der Waals surface area contributed by atoms with Crippen LogP contribution in [0.5, 0.6) is 0 Å². The largest absolute Gasteiger partial charge is 0.389 e. The third kappa shape index (κ3) is 7.05. The predicted molar refractivity (Wildman–Crippen MR) is 131 cm³/mol. The first kappa shape index (κ1) is 25.7. The molecule has 35 heavy (non-hydrogen) atoms. The highest BCUT2D eigenvalue weighted by atomic mass is 35.5. The molecule has 0 saturated carbocycles. The summed E-state index contributed by atoms with van der Waals surface area (Å²) in [5.41, 5.74) is 1.46. The number of aromatic nitrogens is 1. The first-order valence-corrected chi connectivity index (χ1v) is 12.2. The zero-order valence-corrected chi connectivity index (χ0v) is 20.5. The highest BCUT2D eigenvalue weighted by Crippen LogP contribution is 2.29. The van der Waals surface area contributed by atoms with E-state index in [2.05, 4.69) is 15.6 Å². The number of aliphatic hydroxyl groups is 1. The molecule has 3 heterocycles. The average molecular weight is 523 g/mol. The molecule has 2 aromatic rings. The molecule has 11 heteroatoms. The normalized spacial score (nSPS) is 24.6. The molecular formula is C24H28Cl2N4O5. The molecule has 2 aliphatic heterocycles. The van der Waals surface area contributed by atoms with E-state index in [0.717, 1.165) is 5.56 Å². The molecule has 4 atom stereocenters. The van der Waals surface area contributed by atoms with Crippen molar-refractivity contribution >= 4 is 40.8 Å². The number of carbonyl (C=O) groups excluding carboxylic acids is 2. The Morgan fingerprint density at radius 3 is 2.69 bits per heavy atom. The van der Waals surface area contributed by atoms with Crippen LogP contribution in [0.3, 0.4) is 0 Å². The minimum absolute atomic E-state index is 0.0836. The fourth-order valence-electron chi connectivity index (χ4n) is 4.32. The number of aliphatic hydroxyl groups excluding tert-OH is 1. The number of rotatable bonds is 5. The third-order valence-corrected chi connectivity index (χ3v) is 6.80. The van der Waals surface area contributed by atoms with Crippen molar-refractivity contribution in [2.24, 2.45) is 0 Å². The van der Waals surface area contributed by atoms with Crippen LogP contribution in [0.1, 0.15) is 24.8 Å². The molecule has 3 N–H and O–H groups in total. The van der Waals surface area contributed by atoms with Gasteiger partial charge in [-0.05, 0) is 48.7 Å². The number of anilines is 1. The monoisotopic (exact) mass is 522 g/mol. The lowest BCUT2D eigenvalue weighted by Gasteiger charge is -2.44. The Labute approximate surface area is 213 Å². The standard InChI is InChI=1S/C24H28Cl2N4O5/c25-19-3-1-16(9-20(19)26)29-24(33)30-12-17(31)13-34-14-22-21(30)4-2-18(35-22)10-23(32)28-11-15-5-7-27-8-6-15/h1,3,5-9,17-18,21-22,31H,2,4,10-14H2,(H,28,32)(H,29,33)/t17-,18-,21+,22-/m0/s1. The van der Waals surface area contributed by atoms with E-state index in [1.54, 1.807) is 35.5 Å². The molecule has 0 radical (unpaired) electrons. The zero-order valence-electron chi connectivity index (χ0n) is 19.0. The van der Waals surface area contributed by atoms with Crippen molar-refractivity contribution in [2.75, 3.05) is 25.1 Å². The van der Waals surface area contributed by atoms with Crippen LogP contribution < -0.4 is 10.6 Å². The van der Waals surface area contributed by atoms with E-state index >= 15 is 0 Å². The molecule has 3 amide bonds. The van der Waals surface area contributed by atoms with Crippen molar-refractivity contribution in [2.45, 2.75) is 50.2 Å². The second-order valence-electron chi connectivity index (χ2n) is 8.68. The number of β-amino-alcohol motifs (C(OH)–C–C–N with tert-alkyl or cyclic N) is 1. The van der Waals surface area contributed by atoms with Gasteiger partial charge >= 0.3 is 6.03 Å². The van der Waals surface area contributed by atoms with E-state index in [9.17, 15) is 14.7 Å². The Morgan fingerprint density at radius 2 is 1.91 bits per heavy atom. The molecule has 1 aromatic heterocycles. The minimum Gasteiger partial charge on any atom is -0.389 e. The number of amides is 3. The second kappa shape index (κ2) is 12.0. The van der Waals surface area contributed by atoms with Crippen molar-refractivity contribution in [1.29, 1.82) is 0 Å². The van der Waals surface area contributed by atoms with Gasteiger partial charge in [0.25, 0.3) is 0 Å². The average Bonchev–Trinajstić information content (AvgIpc) is 2.83. The molecule has 188 valence electrons. The minimum atomic E-state index is -0.827. The van der Waals surface area contributed by atoms with Gasteiger partial charge in [0, 0.05) is 24.6 Å². The van der Waals surface area contributed by atoms with Crippen molar-refractivity contribution in [3.8, 4) is 0 Å². The van der Waals surface area contributed by atoms with Crippen LogP contribution in [-0.4, -0.2) is 71.0 Å². The Balaban J connectivity index is 1.37. The predicted octanol–water partition coefficient (Wildman–Crippen LogP) is 3.24. The highest BCUT2D eigenvalue weighted by molar-refractivity contribution is 6.42.